The van der Waals surface area contributed by atoms with Crippen LogP contribution in [0.15, 0.2) is 42.5 Å². The highest BCUT2D eigenvalue weighted by atomic mass is 16.3. The van der Waals surface area contributed by atoms with Crippen LogP contribution in [0.2, 0.25) is 0 Å². The number of aromatic nitrogens is 2. The molecule has 0 radical (unpaired) electrons. The van der Waals surface area contributed by atoms with E-state index in [-0.39, 0.29) is 5.88 Å². The van der Waals surface area contributed by atoms with Gasteiger partial charge in [-0.05, 0) is 56.9 Å². The molecule has 0 fully saturated rings. The highest BCUT2D eigenvalue weighted by Crippen LogP contribution is 2.33. The summed E-state index contributed by atoms with van der Waals surface area (Å²) < 4.78 is 1.67. The molecule has 1 N–H and O–H groups in total. The van der Waals surface area contributed by atoms with Crippen LogP contribution in [0.1, 0.15) is 42.0 Å². The van der Waals surface area contributed by atoms with Gasteiger partial charge in [-0.3, -0.25) is 0 Å². The average Bonchev–Trinajstić information content (AvgIpc) is 2.93. The molecule has 0 aliphatic carbocycles. The molecule has 3 rings (SSSR count). The molecule has 0 aliphatic rings. The quantitative estimate of drug-likeness (QED) is 0.668. The molecule has 0 unspecified atom stereocenters. The van der Waals surface area contributed by atoms with Crippen LogP contribution < -0.4 is 0 Å². The van der Waals surface area contributed by atoms with E-state index >= 15 is 0 Å². The molecule has 0 bridgehead atoms. The second kappa shape index (κ2) is 7.14. The van der Waals surface area contributed by atoms with Crippen molar-refractivity contribution in [3.8, 4) is 22.8 Å². The molecule has 0 saturated heterocycles. The van der Waals surface area contributed by atoms with Gasteiger partial charge in [0.05, 0.1) is 11.4 Å². The van der Waals surface area contributed by atoms with Gasteiger partial charge in [0.1, 0.15) is 0 Å². The lowest BCUT2D eigenvalue weighted by molar-refractivity contribution is 0.427. The summed E-state index contributed by atoms with van der Waals surface area (Å²) in [6, 6.07) is 14.5. The van der Waals surface area contributed by atoms with Crippen LogP contribution in [0.5, 0.6) is 5.88 Å². The van der Waals surface area contributed by atoms with Crippen molar-refractivity contribution in [1.82, 2.24) is 9.78 Å². The zero-order chi connectivity index (χ0) is 18.0. The van der Waals surface area contributed by atoms with Crippen molar-refractivity contribution in [2.24, 2.45) is 0 Å². The predicted octanol–water partition coefficient (Wildman–Crippen LogP) is 5.51. The van der Waals surface area contributed by atoms with E-state index in [1.165, 1.54) is 16.7 Å². The summed E-state index contributed by atoms with van der Waals surface area (Å²) >= 11 is 0. The maximum atomic E-state index is 10.9. The van der Waals surface area contributed by atoms with E-state index in [0.29, 0.717) is 0 Å². The molecule has 1 heterocycles. The summed E-state index contributed by atoms with van der Waals surface area (Å²) in [5, 5.41) is 15.6. The first-order valence-electron chi connectivity index (χ1n) is 8.96. The third-order valence-electron chi connectivity index (χ3n) is 4.80. The van der Waals surface area contributed by atoms with Gasteiger partial charge in [-0.25, -0.2) is 4.68 Å². The zero-order valence-electron chi connectivity index (χ0n) is 15.5. The molecular weight excluding hydrogens is 308 g/mol. The van der Waals surface area contributed by atoms with Crippen LogP contribution >= 0.6 is 0 Å². The van der Waals surface area contributed by atoms with Crippen LogP contribution in [-0.4, -0.2) is 14.9 Å². The third-order valence-corrected chi connectivity index (χ3v) is 4.80. The van der Waals surface area contributed by atoms with Crippen molar-refractivity contribution < 1.29 is 5.11 Å². The number of hydrogen-bond acceptors (Lipinski definition) is 2. The number of benzene rings is 2. The molecule has 0 saturated carbocycles. The number of nitrogens with zero attached hydrogens (tertiary/aromatic N) is 2. The molecule has 2 aromatic carbocycles. The Balaban J connectivity index is 2.13. The highest BCUT2D eigenvalue weighted by Gasteiger charge is 2.19. The smallest absolute Gasteiger partial charge is 0.218 e. The molecule has 25 heavy (non-hydrogen) atoms. The van der Waals surface area contributed by atoms with Crippen LogP contribution in [0.25, 0.3) is 16.9 Å². The van der Waals surface area contributed by atoms with Gasteiger partial charge in [0.2, 0.25) is 5.88 Å². The second-order valence-electron chi connectivity index (χ2n) is 6.80. The average molecular weight is 334 g/mol. The Hall–Kier alpha value is -2.55. The lowest BCUT2D eigenvalue weighted by atomic mass is 10.0. The standard InChI is InChI=1S/C22H26N2O/c1-5-6-7-20-21(18-11-8-15(2)9-12-18)23-24(22(20)25)19-13-10-16(3)17(4)14-19/h8-14,25H,5-7H2,1-4H3. The van der Waals surface area contributed by atoms with E-state index in [1.807, 2.05) is 6.07 Å². The molecule has 1 aromatic heterocycles. The molecule has 0 atom stereocenters. The van der Waals surface area contributed by atoms with Gasteiger partial charge in [0.25, 0.3) is 0 Å². The Bertz CT molecular complexity index is 876. The summed E-state index contributed by atoms with van der Waals surface area (Å²) in [5.41, 5.74) is 7.41. The Labute approximate surface area is 150 Å². The molecule has 3 nitrogen and oxygen atoms in total. The van der Waals surface area contributed by atoms with Gasteiger partial charge in [-0.2, -0.15) is 5.10 Å². The summed E-state index contributed by atoms with van der Waals surface area (Å²) in [7, 11) is 0. The van der Waals surface area contributed by atoms with E-state index in [0.717, 1.165) is 41.8 Å². The fourth-order valence-corrected chi connectivity index (χ4v) is 3.01. The molecule has 0 spiro atoms. The molecular formula is C22H26N2O. The van der Waals surface area contributed by atoms with Crippen molar-refractivity contribution >= 4 is 0 Å². The highest BCUT2D eigenvalue weighted by molar-refractivity contribution is 5.66. The second-order valence-corrected chi connectivity index (χ2v) is 6.80. The fourth-order valence-electron chi connectivity index (χ4n) is 3.01. The van der Waals surface area contributed by atoms with E-state index in [1.54, 1.807) is 4.68 Å². The number of hydrogen-bond donors (Lipinski definition) is 1. The maximum absolute atomic E-state index is 10.9. The van der Waals surface area contributed by atoms with Crippen LogP contribution in [0.3, 0.4) is 0 Å². The summed E-state index contributed by atoms with van der Waals surface area (Å²) in [6.45, 7) is 8.41. The molecule has 3 aromatic rings. The van der Waals surface area contributed by atoms with Crippen molar-refractivity contribution in [2.45, 2.75) is 47.0 Å². The molecule has 0 aliphatic heterocycles. The van der Waals surface area contributed by atoms with E-state index in [4.69, 9.17) is 5.10 Å². The lowest BCUT2D eigenvalue weighted by Gasteiger charge is -2.06. The van der Waals surface area contributed by atoms with Crippen molar-refractivity contribution in [2.75, 3.05) is 0 Å². The van der Waals surface area contributed by atoms with Gasteiger partial charge in [0.15, 0.2) is 0 Å². The SMILES string of the molecule is CCCCc1c(-c2ccc(C)cc2)nn(-c2ccc(C)c(C)c2)c1O. The van der Waals surface area contributed by atoms with Crippen LogP contribution in [-0.2, 0) is 6.42 Å². The minimum atomic E-state index is 0.257. The summed E-state index contributed by atoms with van der Waals surface area (Å²) in [5.74, 6) is 0.257. The number of aryl methyl sites for hydroxylation is 3. The van der Waals surface area contributed by atoms with E-state index in [2.05, 4.69) is 64.1 Å². The third kappa shape index (κ3) is 3.46. The Morgan fingerprint density at radius 1 is 0.960 bits per heavy atom. The lowest BCUT2D eigenvalue weighted by Crippen LogP contribution is -1.97. The fraction of sp³-hybridized carbons (Fsp3) is 0.318. The monoisotopic (exact) mass is 334 g/mol. The first kappa shape index (κ1) is 17.3. The Morgan fingerprint density at radius 3 is 2.32 bits per heavy atom. The van der Waals surface area contributed by atoms with Gasteiger partial charge >= 0.3 is 0 Å². The Kier molecular flexibility index (Phi) is 4.93. The van der Waals surface area contributed by atoms with Crippen molar-refractivity contribution in [3.05, 3.63) is 64.7 Å². The number of aromatic hydroxyl groups is 1. The summed E-state index contributed by atoms with van der Waals surface area (Å²) in [6.07, 6.45) is 2.95. The van der Waals surface area contributed by atoms with Crippen molar-refractivity contribution in [1.29, 1.82) is 0 Å². The van der Waals surface area contributed by atoms with Gasteiger partial charge in [0, 0.05) is 11.1 Å². The van der Waals surface area contributed by atoms with Gasteiger partial charge < -0.3 is 5.11 Å². The van der Waals surface area contributed by atoms with Crippen molar-refractivity contribution in [3.63, 3.8) is 0 Å². The predicted molar refractivity (Wildman–Crippen MR) is 103 cm³/mol. The minimum Gasteiger partial charge on any atom is -0.493 e. The van der Waals surface area contributed by atoms with Crippen LogP contribution in [0.4, 0.5) is 0 Å². The normalized spacial score (nSPS) is 11.0. The largest absolute Gasteiger partial charge is 0.493 e. The van der Waals surface area contributed by atoms with Gasteiger partial charge in [-0.1, -0.05) is 49.2 Å². The first-order valence-corrected chi connectivity index (χ1v) is 8.96. The topological polar surface area (TPSA) is 38.0 Å². The first-order chi connectivity index (χ1) is 12.0. The van der Waals surface area contributed by atoms with Crippen LogP contribution in [0, 0.1) is 20.8 Å². The Morgan fingerprint density at radius 2 is 1.68 bits per heavy atom. The number of unbranched alkanes of at least 4 members (excludes halogenated alkanes) is 1. The van der Waals surface area contributed by atoms with Gasteiger partial charge in [-0.15, -0.1) is 0 Å². The molecule has 3 heteroatoms. The number of rotatable bonds is 5. The minimum absolute atomic E-state index is 0.257. The van der Waals surface area contributed by atoms with E-state index in [9.17, 15) is 5.11 Å². The maximum Gasteiger partial charge on any atom is 0.218 e. The molecule has 0 amide bonds. The zero-order valence-corrected chi connectivity index (χ0v) is 15.5. The van der Waals surface area contributed by atoms with E-state index < -0.39 is 0 Å². The summed E-state index contributed by atoms with van der Waals surface area (Å²) in [4.78, 5) is 0. The molecule has 130 valence electrons.